The molecule has 1 aromatic heterocycles. The van der Waals surface area contributed by atoms with Gasteiger partial charge in [-0.25, -0.2) is 4.98 Å². The van der Waals surface area contributed by atoms with Gasteiger partial charge in [0.25, 0.3) is 0 Å². The van der Waals surface area contributed by atoms with Crippen molar-refractivity contribution in [3.8, 4) is 0 Å². The molecule has 1 unspecified atom stereocenters. The summed E-state index contributed by atoms with van der Waals surface area (Å²) in [5.41, 5.74) is 2.13. The van der Waals surface area contributed by atoms with E-state index in [1.165, 1.54) is 5.69 Å². The summed E-state index contributed by atoms with van der Waals surface area (Å²) in [6.07, 6.45) is 1.49. The van der Waals surface area contributed by atoms with Crippen LogP contribution in [0, 0.1) is 5.92 Å². The molecule has 2 aromatic rings. The second-order valence-electron chi connectivity index (χ2n) is 6.89. The Hall–Kier alpha value is -1.40. The molecule has 0 bridgehead atoms. The lowest BCUT2D eigenvalue weighted by molar-refractivity contribution is -0.120. The second kappa shape index (κ2) is 8.32. The number of carbonyl (C=O) groups is 1. The van der Waals surface area contributed by atoms with Crippen LogP contribution in [0.25, 0.3) is 0 Å². The molecule has 3 rings (SSSR count). The van der Waals surface area contributed by atoms with E-state index in [0.29, 0.717) is 18.3 Å². The highest BCUT2D eigenvalue weighted by Crippen LogP contribution is 2.26. The Morgan fingerprint density at radius 3 is 3.04 bits per heavy atom. The predicted molar refractivity (Wildman–Crippen MR) is 107 cm³/mol. The van der Waals surface area contributed by atoms with Gasteiger partial charge >= 0.3 is 0 Å². The van der Waals surface area contributed by atoms with Crippen LogP contribution in [0.5, 0.6) is 0 Å². The van der Waals surface area contributed by atoms with Crippen molar-refractivity contribution in [3.63, 3.8) is 0 Å². The summed E-state index contributed by atoms with van der Waals surface area (Å²) in [5, 5.41) is 6.18. The van der Waals surface area contributed by atoms with Crippen LogP contribution in [0.1, 0.15) is 36.9 Å². The van der Waals surface area contributed by atoms with Gasteiger partial charge in [-0.1, -0.05) is 35.8 Å². The fourth-order valence-corrected chi connectivity index (χ4v) is 4.28. The molecule has 0 saturated carbocycles. The number of halogens is 1. The normalized spacial score (nSPS) is 17.3. The molecule has 1 fully saturated rings. The molecule has 1 aliphatic rings. The van der Waals surface area contributed by atoms with Crippen molar-refractivity contribution in [2.24, 2.45) is 5.92 Å². The van der Waals surface area contributed by atoms with Crippen molar-refractivity contribution >= 4 is 38.9 Å². The van der Waals surface area contributed by atoms with Crippen molar-refractivity contribution in [1.29, 1.82) is 0 Å². The first-order valence-electron chi connectivity index (χ1n) is 8.73. The number of aromatic nitrogens is 1. The molecule has 6 heteroatoms. The molecular weight excluding hydrogens is 398 g/mol. The zero-order valence-electron chi connectivity index (χ0n) is 14.7. The third-order valence-corrected chi connectivity index (χ3v) is 6.14. The van der Waals surface area contributed by atoms with E-state index >= 15 is 0 Å². The van der Waals surface area contributed by atoms with Crippen molar-refractivity contribution in [1.82, 2.24) is 10.3 Å². The number of nitrogens with one attached hydrogen (secondary N) is 1. The van der Waals surface area contributed by atoms with E-state index in [1.807, 2.05) is 11.4 Å². The molecule has 1 N–H and O–H groups in total. The van der Waals surface area contributed by atoms with Gasteiger partial charge in [-0.15, -0.1) is 11.3 Å². The number of amides is 1. The van der Waals surface area contributed by atoms with Crippen LogP contribution in [-0.2, 0) is 11.2 Å². The van der Waals surface area contributed by atoms with Gasteiger partial charge in [-0.05, 0) is 30.5 Å². The number of benzene rings is 1. The van der Waals surface area contributed by atoms with Crippen LogP contribution >= 0.6 is 27.3 Å². The zero-order chi connectivity index (χ0) is 17.8. The van der Waals surface area contributed by atoms with Crippen molar-refractivity contribution < 1.29 is 4.79 Å². The van der Waals surface area contributed by atoms with Crippen LogP contribution < -0.4 is 10.2 Å². The summed E-state index contributed by atoms with van der Waals surface area (Å²) < 4.78 is 1.10. The van der Waals surface area contributed by atoms with E-state index in [2.05, 4.69) is 63.2 Å². The SMILES string of the molecule is CC(C)c1nc(CC(=O)NCC2CCN(c3cccc(Br)c3)C2)cs1. The summed E-state index contributed by atoms with van der Waals surface area (Å²) in [6, 6.07) is 8.39. The quantitative estimate of drug-likeness (QED) is 0.759. The molecule has 25 heavy (non-hydrogen) atoms. The molecule has 1 atom stereocenters. The van der Waals surface area contributed by atoms with Gasteiger partial charge in [0.05, 0.1) is 17.1 Å². The maximum Gasteiger partial charge on any atom is 0.226 e. The Morgan fingerprint density at radius 1 is 1.48 bits per heavy atom. The molecule has 0 aliphatic carbocycles. The van der Waals surface area contributed by atoms with Gasteiger partial charge < -0.3 is 10.2 Å². The van der Waals surface area contributed by atoms with Crippen LogP contribution in [-0.4, -0.2) is 30.5 Å². The Morgan fingerprint density at radius 2 is 2.32 bits per heavy atom. The Bertz CT molecular complexity index is 731. The van der Waals surface area contributed by atoms with E-state index in [4.69, 9.17) is 0 Å². The van der Waals surface area contributed by atoms with Crippen molar-refractivity contribution in [3.05, 3.63) is 44.8 Å². The molecular formula is C19H24BrN3OS. The standard InChI is InChI=1S/C19H24BrN3OS/c1-13(2)19-22-16(12-25-19)9-18(24)21-10-14-6-7-23(11-14)17-5-3-4-15(20)8-17/h3-5,8,12-14H,6-7,9-11H2,1-2H3,(H,21,24). The fourth-order valence-electron chi connectivity index (χ4n) is 3.06. The minimum atomic E-state index is 0.0708. The lowest BCUT2D eigenvalue weighted by Gasteiger charge is -2.19. The first-order valence-corrected chi connectivity index (χ1v) is 10.4. The second-order valence-corrected chi connectivity index (χ2v) is 8.70. The van der Waals surface area contributed by atoms with E-state index in [-0.39, 0.29) is 5.91 Å². The molecule has 1 aliphatic heterocycles. The number of carbonyl (C=O) groups excluding carboxylic acids is 1. The summed E-state index contributed by atoms with van der Waals surface area (Å²) >= 11 is 5.17. The molecule has 1 aromatic carbocycles. The maximum absolute atomic E-state index is 12.2. The van der Waals surface area contributed by atoms with E-state index in [1.54, 1.807) is 11.3 Å². The number of hydrogen-bond acceptors (Lipinski definition) is 4. The molecule has 0 radical (unpaired) electrons. The lowest BCUT2D eigenvalue weighted by atomic mass is 10.1. The van der Waals surface area contributed by atoms with Crippen LogP contribution in [0.15, 0.2) is 34.1 Å². The van der Waals surface area contributed by atoms with Gasteiger partial charge in [0, 0.05) is 41.1 Å². The first-order chi connectivity index (χ1) is 12.0. The van der Waals surface area contributed by atoms with Gasteiger partial charge in [0.2, 0.25) is 5.91 Å². The molecule has 134 valence electrons. The maximum atomic E-state index is 12.2. The highest BCUT2D eigenvalue weighted by Gasteiger charge is 2.23. The van der Waals surface area contributed by atoms with Crippen molar-refractivity contribution in [2.75, 3.05) is 24.5 Å². The van der Waals surface area contributed by atoms with Crippen LogP contribution in [0.3, 0.4) is 0 Å². The topological polar surface area (TPSA) is 45.2 Å². The monoisotopic (exact) mass is 421 g/mol. The van der Waals surface area contributed by atoms with E-state index in [9.17, 15) is 4.79 Å². The number of nitrogens with zero attached hydrogens (tertiary/aromatic N) is 2. The third kappa shape index (κ3) is 5.05. The van der Waals surface area contributed by atoms with Crippen LogP contribution in [0.4, 0.5) is 5.69 Å². The first kappa shape index (κ1) is 18.4. The average Bonchev–Trinajstić information content (AvgIpc) is 3.22. The zero-order valence-corrected chi connectivity index (χ0v) is 17.1. The summed E-state index contributed by atoms with van der Waals surface area (Å²) in [7, 11) is 0. The Kier molecular flexibility index (Phi) is 6.12. The third-order valence-electron chi connectivity index (χ3n) is 4.45. The minimum absolute atomic E-state index is 0.0708. The number of anilines is 1. The molecule has 4 nitrogen and oxygen atoms in total. The summed E-state index contributed by atoms with van der Waals surface area (Å²) in [4.78, 5) is 19.1. The molecule has 0 spiro atoms. The fraction of sp³-hybridized carbons (Fsp3) is 0.474. The summed E-state index contributed by atoms with van der Waals surface area (Å²) in [6.45, 7) is 7.02. The van der Waals surface area contributed by atoms with E-state index < -0.39 is 0 Å². The van der Waals surface area contributed by atoms with Gasteiger partial charge in [0.1, 0.15) is 0 Å². The van der Waals surface area contributed by atoms with Crippen molar-refractivity contribution in [2.45, 2.75) is 32.6 Å². The average molecular weight is 422 g/mol. The molecule has 1 amide bonds. The Labute approximate surface area is 161 Å². The van der Waals surface area contributed by atoms with Crippen LogP contribution in [0.2, 0.25) is 0 Å². The highest BCUT2D eigenvalue weighted by atomic mass is 79.9. The number of thiazole rings is 1. The number of rotatable bonds is 6. The van der Waals surface area contributed by atoms with Gasteiger partial charge in [-0.2, -0.15) is 0 Å². The Balaban J connectivity index is 1.45. The lowest BCUT2D eigenvalue weighted by Crippen LogP contribution is -2.32. The van der Waals surface area contributed by atoms with Gasteiger partial charge in [0.15, 0.2) is 0 Å². The largest absolute Gasteiger partial charge is 0.371 e. The number of hydrogen-bond donors (Lipinski definition) is 1. The summed E-state index contributed by atoms with van der Waals surface area (Å²) in [5.74, 6) is 0.996. The molecule has 2 heterocycles. The van der Waals surface area contributed by atoms with Gasteiger partial charge in [-0.3, -0.25) is 4.79 Å². The minimum Gasteiger partial charge on any atom is -0.371 e. The highest BCUT2D eigenvalue weighted by molar-refractivity contribution is 9.10. The smallest absolute Gasteiger partial charge is 0.226 e. The molecule has 1 saturated heterocycles. The van der Waals surface area contributed by atoms with E-state index in [0.717, 1.165) is 41.2 Å². The predicted octanol–water partition coefficient (Wildman–Crippen LogP) is 4.21.